The molecule has 0 radical (unpaired) electrons. The molecule has 0 saturated carbocycles. The number of hydrogen-bond donors (Lipinski definition) is 3. The number of H-pyrrole nitrogens is 1. The summed E-state index contributed by atoms with van der Waals surface area (Å²) in [6.07, 6.45) is 0. The van der Waals surface area contributed by atoms with Crippen LogP contribution in [0, 0.1) is 0 Å². The van der Waals surface area contributed by atoms with Crippen molar-refractivity contribution in [1.82, 2.24) is 10.3 Å². The highest BCUT2D eigenvalue weighted by Crippen LogP contribution is 2.12. The predicted octanol–water partition coefficient (Wildman–Crippen LogP) is 0.590. The van der Waals surface area contributed by atoms with E-state index in [2.05, 4.69) is 10.3 Å². The summed E-state index contributed by atoms with van der Waals surface area (Å²) in [4.78, 5) is 24.2. The lowest BCUT2D eigenvalue weighted by Crippen LogP contribution is -2.20. The van der Waals surface area contributed by atoms with Gasteiger partial charge in [-0.05, 0) is 17.7 Å². The van der Waals surface area contributed by atoms with Crippen LogP contribution in [-0.2, 0) is 17.9 Å². The number of amides is 1. The van der Waals surface area contributed by atoms with Crippen LogP contribution in [0.25, 0.3) is 0 Å². The number of primary amides is 1. The molecule has 0 aliphatic carbocycles. The number of aromatic nitrogens is 1. The minimum atomic E-state index is -0.500. The molecule has 1 aromatic carbocycles. The van der Waals surface area contributed by atoms with Crippen molar-refractivity contribution in [3.05, 3.63) is 50.6 Å². The summed E-state index contributed by atoms with van der Waals surface area (Å²) >= 11 is 1.15. The number of thiazole rings is 1. The van der Waals surface area contributed by atoms with Gasteiger partial charge in [-0.1, -0.05) is 23.5 Å². The standard InChI is InChI=1S/C13H15N3O3S/c14-12(17)7-19-11-3-1-9(2-4-11)5-15-6-10-8-20-13(18)16-10/h1-4,8,15H,5-7H2,(H2,14,17)(H,16,18). The Labute approximate surface area is 119 Å². The van der Waals surface area contributed by atoms with Crippen molar-refractivity contribution in [1.29, 1.82) is 0 Å². The Morgan fingerprint density at radius 2 is 2.05 bits per heavy atom. The molecule has 0 atom stereocenters. The van der Waals surface area contributed by atoms with Gasteiger partial charge in [0.1, 0.15) is 5.75 Å². The second-order valence-corrected chi connectivity index (χ2v) is 5.02. The number of ether oxygens (including phenoxy) is 1. The molecule has 20 heavy (non-hydrogen) atoms. The summed E-state index contributed by atoms with van der Waals surface area (Å²) in [5.74, 6) is 0.107. The van der Waals surface area contributed by atoms with Gasteiger partial charge in [-0.15, -0.1) is 0 Å². The van der Waals surface area contributed by atoms with E-state index in [1.54, 1.807) is 17.5 Å². The third kappa shape index (κ3) is 4.52. The Balaban J connectivity index is 1.78. The fourth-order valence-corrected chi connectivity index (χ4v) is 2.18. The van der Waals surface area contributed by atoms with Crippen LogP contribution in [0.4, 0.5) is 0 Å². The van der Waals surface area contributed by atoms with Gasteiger partial charge < -0.3 is 20.8 Å². The smallest absolute Gasteiger partial charge is 0.304 e. The molecular weight excluding hydrogens is 278 g/mol. The van der Waals surface area contributed by atoms with Crippen LogP contribution in [-0.4, -0.2) is 17.5 Å². The summed E-state index contributed by atoms with van der Waals surface area (Å²) < 4.78 is 5.17. The number of carbonyl (C=O) groups is 1. The van der Waals surface area contributed by atoms with Crippen molar-refractivity contribution in [2.45, 2.75) is 13.1 Å². The van der Waals surface area contributed by atoms with Crippen LogP contribution in [0.2, 0.25) is 0 Å². The number of aromatic amines is 1. The van der Waals surface area contributed by atoms with Crippen molar-refractivity contribution in [2.75, 3.05) is 6.61 Å². The predicted molar refractivity (Wildman–Crippen MR) is 76.6 cm³/mol. The molecular formula is C13H15N3O3S. The first-order chi connectivity index (χ1) is 9.63. The van der Waals surface area contributed by atoms with E-state index in [-0.39, 0.29) is 11.5 Å². The van der Waals surface area contributed by atoms with E-state index in [0.717, 1.165) is 22.6 Å². The number of rotatable bonds is 7. The Kier molecular flexibility index (Phi) is 4.91. The van der Waals surface area contributed by atoms with Crippen LogP contribution >= 0.6 is 11.3 Å². The highest BCUT2D eigenvalue weighted by molar-refractivity contribution is 7.07. The molecule has 2 rings (SSSR count). The first kappa shape index (κ1) is 14.3. The highest BCUT2D eigenvalue weighted by atomic mass is 32.1. The van der Waals surface area contributed by atoms with Gasteiger partial charge in [0.15, 0.2) is 6.61 Å². The van der Waals surface area contributed by atoms with E-state index in [9.17, 15) is 9.59 Å². The lowest BCUT2D eigenvalue weighted by Gasteiger charge is -2.06. The molecule has 0 aliphatic rings. The van der Waals surface area contributed by atoms with Crippen molar-refractivity contribution >= 4 is 17.2 Å². The fraction of sp³-hybridized carbons (Fsp3) is 0.231. The van der Waals surface area contributed by atoms with E-state index in [0.29, 0.717) is 18.8 Å². The molecule has 1 aromatic heterocycles. The van der Waals surface area contributed by atoms with E-state index in [4.69, 9.17) is 10.5 Å². The lowest BCUT2D eigenvalue weighted by atomic mass is 10.2. The SMILES string of the molecule is NC(=O)COc1ccc(CNCc2csc(=O)[nH]2)cc1. The van der Waals surface area contributed by atoms with Gasteiger partial charge in [0.05, 0.1) is 0 Å². The maximum atomic E-state index is 11.0. The van der Waals surface area contributed by atoms with Crippen molar-refractivity contribution in [3.63, 3.8) is 0 Å². The number of hydrogen-bond acceptors (Lipinski definition) is 5. The zero-order valence-electron chi connectivity index (χ0n) is 10.7. The van der Waals surface area contributed by atoms with Gasteiger partial charge in [0, 0.05) is 24.2 Å². The zero-order chi connectivity index (χ0) is 14.4. The summed E-state index contributed by atoms with van der Waals surface area (Å²) in [7, 11) is 0. The number of benzene rings is 1. The van der Waals surface area contributed by atoms with E-state index in [1.165, 1.54) is 0 Å². The largest absolute Gasteiger partial charge is 0.484 e. The molecule has 7 heteroatoms. The Morgan fingerprint density at radius 1 is 1.30 bits per heavy atom. The maximum absolute atomic E-state index is 11.0. The van der Waals surface area contributed by atoms with Crippen molar-refractivity contribution in [3.8, 4) is 5.75 Å². The fourth-order valence-electron chi connectivity index (χ4n) is 1.60. The van der Waals surface area contributed by atoms with Crippen LogP contribution in [0.5, 0.6) is 5.75 Å². The number of nitrogens with two attached hydrogens (primary N) is 1. The molecule has 0 saturated heterocycles. The lowest BCUT2D eigenvalue weighted by molar-refractivity contribution is -0.119. The number of nitrogens with one attached hydrogen (secondary N) is 2. The maximum Gasteiger partial charge on any atom is 0.304 e. The van der Waals surface area contributed by atoms with Crippen LogP contribution in [0.1, 0.15) is 11.3 Å². The highest BCUT2D eigenvalue weighted by Gasteiger charge is 1.99. The van der Waals surface area contributed by atoms with Crippen molar-refractivity contribution in [2.24, 2.45) is 5.73 Å². The molecule has 106 valence electrons. The third-order valence-electron chi connectivity index (χ3n) is 2.52. The van der Waals surface area contributed by atoms with Crippen LogP contribution < -0.4 is 20.7 Å². The normalized spacial score (nSPS) is 10.4. The van der Waals surface area contributed by atoms with Gasteiger partial charge in [0.25, 0.3) is 5.91 Å². The first-order valence-corrected chi connectivity index (χ1v) is 6.89. The average molecular weight is 293 g/mol. The molecule has 0 bridgehead atoms. The van der Waals surface area contributed by atoms with Gasteiger partial charge in [0.2, 0.25) is 0 Å². The van der Waals surface area contributed by atoms with Gasteiger partial charge in [-0.3, -0.25) is 9.59 Å². The molecule has 2 aromatic rings. The molecule has 0 spiro atoms. The minimum absolute atomic E-state index is 0.0437. The topological polar surface area (TPSA) is 97.2 Å². The quantitative estimate of drug-likeness (QED) is 0.696. The van der Waals surface area contributed by atoms with Crippen molar-refractivity contribution < 1.29 is 9.53 Å². The van der Waals surface area contributed by atoms with E-state index in [1.807, 2.05) is 12.1 Å². The summed E-state index contributed by atoms with van der Waals surface area (Å²) in [6.45, 7) is 1.16. The Morgan fingerprint density at radius 3 is 2.65 bits per heavy atom. The molecule has 1 heterocycles. The second kappa shape index (κ2) is 6.88. The van der Waals surface area contributed by atoms with Crippen LogP contribution in [0.15, 0.2) is 34.4 Å². The van der Waals surface area contributed by atoms with E-state index >= 15 is 0 Å². The molecule has 1 amide bonds. The molecule has 4 N–H and O–H groups in total. The monoisotopic (exact) mass is 293 g/mol. The average Bonchev–Trinajstić information content (AvgIpc) is 2.83. The Bertz CT molecular complexity index is 618. The minimum Gasteiger partial charge on any atom is -0.484 e. The van der Waals surface area contributed by atoms with Gasteiger partial charge in [-0.2, -0.15) is 0 Å². The first-order valence-electron chi connectivity index (χ1n) is 6.01. The molecule has 0 aliphatic heterocycles. The molecule has 0 fully saturated rings. The van der Waals surface area contributed by atoms with Crippen LogP contribution in [0.3, 0.4) is 0 Å². The van der Waals surface area contributed by atoms with Gasteiger partial charge >= 0.3 is 4.87 Å². The second-order valence-electron chi connectivity index (χ2n) is 4.18. The summed E-state index contributed by atoms with van der Waals surface area (Å²) in [5.41, 5.74) is 6.95. The Hall–Kier alpha value is -2.12. The summed E-state index contributed by atoms with van der Waals surface area (Å²) in [5, 5.41) is 5.02. The third-order valence-corrected chi connectivity index (χ3v) is 3.24. The zero-order valence-corrected chi connectivity index (χ0v) is 11.5. The molecule has 6 nitrogen and oxygen atoms in total. The molecule has 0 unspecified atom stereocenters. The van der Waals surface area contributed by atoms with Gasteiger partial charge in [-0.25, -0.2) is 0 Å². The summed E-state index contributed by atoms with van der Waals surface area (Å²) in [6, 6.07) is 7.37. The van der Waals surface area contributed by atoms with E-state index < -0.39 is 5.91 Å². The number of carbonyl (C=O) groups excluding carboxylic acids is 1.